The fourth-order valence-corrected chi connectivity index (χ4v) is 0. The van der Waals surface area contributed by atoms with E-state index in [1.807, 2.05) is 0 Å². The number of aliphatic carboxylic acids is 2. The monoisotopic (exact) mass is 172 g/mol. The molecule has 0 bridgehead atoms. The van der Waals surface area contributed by atoms with E-state index < -0.39 is 18.5 Å². The molecule has 0 aromatic carbocycles. The predicted octanol–water partition coefficient (Wildman–Crippen LogP) is -0.424. The van der Waals surface area contributed by atoms with E-state index in [4.69, 9.17) is 24.9 Å². The van der Waals surface area contributed by atoms with Crippen molar-refractivity contribution in [2.24, 2.45) is 0 Å². The lowest BCUT2D eigenvalue weighted by molar-refractivity contribution is -0.140. The van der Waals surface area contributed by atoms with Crippen LogP contribution in [0.5, 0.6) is 0 Å². The Morgan fingerprint density at radius 1 is 1.30 bits per heavy atom. The van der Waals surface area contributed by atoms with Crippen LogP contribution in [0.3, 0.4) is 0 Å². The molecule has 62 valence electrons. The van der Waals surface area contributed by atoms with Crippen LogP contribution in [0.15, 0.2) is 0 Å². The van der Waals surface area contributed by atoms with Gasteiger partial charge in [-0.15, -0.1) is 12.4 Å². The summed E-state index contributed by atoms with van der Waals surface area (Å²) in [7, 11) is 0. The average Bonchev–Trinajstić information content (AvgIpc) is 1.65. The Hall–Kier alpha value is -0.810. The number of aliphatic hydroxyl groups is 1. The van der Waals surface area contributed by atoms with Crippen molar-refractivity contribution in [3.05, 3.63) is 0 Å². The zero-order chi connectivity index (χ0) is 7.86. The van der Waals surface area contributed by atoms with Gasteiger partial charge in [0, 0.05) is 6.92 Å². The molecule has 0 aliphatic carbocycles. The largest absolute Gasteiger partial charge is 0.481 e. The van der Waals surface area contributed by atoms with Gasteiger partial charge in [0.2, 0.25) is 0 Å². The highest BCUT2D eigenvalue weighted by Gasteiger charge is 1.82. The summed E-state index contributed by atoms with van der Waals surface area (Å²) in [6.07, 6.45) is 0. The maximum atomic E-state index is 9.12. The van der Waals surface area contributed by atoms with Crippen LogP contribution in [0.25, 0.3) is 0 Å². The normalized spacial score (nSPS) is 6.20. The highest BCUT2D eigenvalue weighted by Crippen LogP contribution is 1.48. The minimum absolute atomic E-state index is 0. The Morgan fingerprint density at radius 2 is 1.40 bits per heavy atom. The van der Waals surface area contributed by atoms with Crippen molar-refractivity contribution < 1.29 is 24.9 Å². The number of halogens is 1. The number of hydrogen-bond acceptors (Lipinski definition) is 3. The first-order chi connectivity index (χ1) is 4.00. The van der Waals surface area contributed by atoms with Crippen molar-refractivity contribution in [3.63, 3.8) is 0 Å². The molecule has 0 spiro atoms. The quantitative estimate of drug-likeness (QED) is 0.499. The molecule has 0 aromatic heterocycles. The first kappa shape index (κ1) is 16.1. The van der Waals surface area contributed by atoms with Gasteiger partial charge < -0.3 is 15.3 Å². The van der Waals surface area contributed by atoms with E-state index in [2.05, 4.69) is 0 Å². The van der Waals surface area contributed by atoms with Gasteiger partial charge in [-0.05, 0) is 0 Å². The first-order valence-corrected chi connectivity index (χ1v) is 2.03. The van der Waals surface area contributed by atoms with Crippen molar-refractivity contribution in [1.29, 1.82) is 0 Å². The van der Waals surface area contributed by atoms with E-state index in [-0.39, 0.29) is 12.4 Å². The minimum atomic E-state index is -1.19. The summed E-state index contributed by atoms with van der Waals surface area (Å²) in [5.74, 6) is -2.02. The summed E-state index contributed by atoms with van der Waals surface area (Å²) in [5, 5.41) is 22.4. The molecule has 0 radical (unpaired) electrons. The molecule has 0 saturated heterocycles. The molecule has 0 aromatic rings. The third kappa shape index (κ3) is 195. The zero-order valence-electron chi connectivity index (χ0n) is 5.27. The van der Waals surface area contributed by atoms with Gasteiger partial charge in [0.05, 0.1) is 0 Å². The zero-order valence-corrected chi connectivity index (χ0v) is 6.09. The molecule has 0 unspecified atom stereocenters. The molecule has 0 fully saturated rings. The molecule has 0 aliphatic heterocycles. The Labute approximate surface area is 63.7 Å². The van der Waals surface area contributed by atoms with Gasteiger partial charge in [0.1, 0.15) is 6.61 Å². The van der Waals surface area contributed by atoms with Crippen molar-refractivity contribution in [2.75, 3.05) is 6.61 Å². The van der Waals surface area contributed by atoms with Gasteiger partial charge >= 0.3 is 5.97 Å². The Kier molecular flexibility index (Phi) is 17.8. The molecule has 0 amide bonds. The van der Waals surface area contributed by atoms with Crippen LogP contribution in [0, 0.1) is 0 Å². The van der Waals surface area contributed by atoms with Gasteiger partial charge in [-0.3, -0.25) is 4.79 Å². The van der Waals surface area contributed by atoms with E-state index in [9.17, 15) is 0 Å². The van der Waals surface area contributed by atoms with Gasteiger partial charge in [0.15, 0.2) is 0 Å². The summed E-state index contributed by atoms with van der Waals surface area (Å²) in [6, 6.07) is 0. The van der Waals surface area contributed by atoms with Crippen molar-refractivity contribution in [2.45, 2.75) is 6.92 Å². The highest BCUT2D eigenvalue weighted by molar-refractivity contribution is 5.85. The maximum absolute atomic E-state index is 9.12. The molecular formula is C4H9ClO5. The summed E-state index contributed by atoms with van der Waals surface area (Å²) >= 11 is 0. The fraction of sp³-hybridized carbons (Fsp3) is 0.500. The number of rotatable bonds is 1. The lowest BCUT2D eigenvalue weighted by Crippen LogP contribution is -1.98. The topological polar surface area (TPSA) is 94.8 Å². The van der Waals surface area contributed by atoms with E-state index in [1.54, 1.807) is 0 Å². The molecule has 0 rings (SSSR count). The molecular weight excluding hydrogens is 163 g/mol. The lowest BCUT2D eigenvalue weighted by Gasteiger charge is -1.72. The Balaban J connectivity index is -0.0000000910. The molecule has 0 atom stereocenters. The second-order valence-electron chi connectivity index (χ2n) is 1.07. The standard InChI is InChI=1S/C2H4O3.C2H4O2.ClH/c3-1-2(4)5;1-2(3)4;/h3H,1H2,(H,4,5);1H3,(H,3,4);1H. The molecule has 6 heteroatoms. The van der Waals surface area contributed by atoms with E-state index in [1.165, 1.54) is 0 Å². The Bertz CT molecular complexity index is 97.8. The number of carboxylic acids is 2. The lowest BCUT2D eigenvalue weighted by atomic mass is 10.8. The minimum Gasteiger partial charge on any atom is -0.481 e. The van der Waals surface area contributed by atoms with Crippen LogP contribution in [0.1, 0.15) is 6.92 Å². The third-order valence-electron chi connectivity index (χ3n) is 0.135. The highest BCUT2D eigenvalue weighted by atomic mass is 35.5. The molecule has 3 N–H and O–H groups in total. The molecule has 0 saturated carbocycles. The van der Waals surface area contributed by atoms with Gasteiger partial charge in [-0.1, -0.05) is 0 Å². The summed E-state index contributed by atoms with van der Waals surface area (Å²) in [5.41, 5.74) is 0. The maximum Gasteiger partial charge on any atom is 0.329 e. The SMILES string of the molecule is CC(=O)O.Cl.O=C(O)CO. The molecule has 5 nitrogen and oxygen atoms in total. The molecule has 10 heavy (non-hydrogen) atoms. The van der Waals surface area contributed by atoms with Crippen molar-refractivity contribution >= 4 is 24.3 Å². The van der Waals surface area contributed by atoms with Gasteiger partial charge in [0.25, 0.3) is 5.97 Å². The van der Waals surface area contributed by atoms with E-state index >= 15 is 0 Å². The number of carboxylic acid groups (broad SMARTS) is 2. The van der Waals surface area contributed by atoms with Gasteiger partial charge in [-0.25, -0.2) is 4.79 Å². The summed E-state index contributed by atoms with van der Waals surface area (Å²) in [6.45, 7) is 0.306. The molecule has 0 aliphatic rings. The van der Waals surface area contributed by atoms with E-state index in [0.717, 1.165) is 6.92 Å². The van der Waals surface area contributed by atoms with Crippen molar-refractivity contribution in [1.82, 2.24) is 0 Å². The summed E-state index contributed by atoms with van der Waals surface area (Å²) < 4.78 is 0. The van der Waals surface area contributed by atoms with Crippen LogP contribution in [0.2, 0.25) is 0 Å². The molecule has 0 heterocycles. The smallest absolute Gasteiger partial charge is 0.329 e. The van der Waals surface area contributed by atoms with Crippen LogP contribution in [0.4, 0.5) is 0 Å². The van der Waals surface area contributed by atoms with Gasteiger partial charge in [-0.2, -0.15) is 0 Å². The number of hydrogen-bond donors (Lipinski definition) is 3. The van der Waals surface area contributed by atoms with Crippen LogP contribution in [-0.2, 0) is 9.59 Å². The predicted molar refractivity (Wildman–Crippen MR) is 35.3 cm³/mol. The first-order valence-electron chi connectivity index (χ1n) is 2.03. The van der Waals surface area contributed by atoms with Crippen LogP contribution < -0.4 is 0 Å². The summed E-state index contributed by atoms with van der Waals surface area (Å²) in [4.78, 5) is 18.1. The number of carbonyl (C=O) groups is 2. The second kappa shape index (κ2) is 11.0. The fourth-order valence-electron chi connectivity index (χ4n) is 0. The third-order valence-corrected chi connectivity index (χ3v) is 0.135. The van der Waals surface area contributed by atoms with Crippen molar-refractivity contribution in [3.8, 4) is 0 Å². The second-order valence-corrected chi connectivity index (χ2v) is 1.07. The van der Waals surface area contributed by atoms with Crippen LogP contribution >= 0.6 is 12.4 Å². The van der Waals surface area contributed by atoms with E-state index in [0.29, 0.717) is 0 Å². The Morgan fingerprint density at radius 3 is 1.40 bits per heavy atom. The number of aliphatic hydroxyl groups excluding tert-OH is 1. The average molecular weight is 173 g/mol. The van der Waals surface area contributed by atoms with Crippen LogP contribution in [-0.4, -0.2) is 33.9 Å².